The number of benzene rings is 1. The third-order valence-electron chi connectivity index (χ3n) is 2.79. The van der Waals surface area contributed by atoms with Crippen LogP contribution in [-0.4, -0.2) is 9.55 Å². The molecule has 0 aliphatic heterocycles. The maximum Gasteiger partial charge on any atom is 0.152 e. The van der Waals surface area contributed by atoms with E-state index in [1.807, 2.05) is 5.51 Å². The molecule has 16 heavy (non-hydrogen) atoms. The normalized spacial score (nSPS) is 11.9. The number of rotatable bonds is 2. The number of hydrogen-bond donors (Lipinski definition) is 0. The second-order valence-corrected chi connectivity index (χ2v) is 5.38. The number of thiazole rings is 1. The number of hydrogen-bond acceptors (Lipinski definition) is 2. The van der Waals surface area contributed by atoms with E-state index in [-0.39, 0.29) is 0 Å². The number of fused-ring (bicyclic) bond motifs is 3. The highest BCUT2D eigenvalue weighted by molar-refractivity contribution is 7.17. The van der Waals surface area contributed by atoms with Gasteiger partial charge in [0.05, 0.1) is 15.7 Å². The summed E-state index contributed by atoms with van der Waals surface area (Å²) in [4.78, 5) is 4.49. The van der Waals surface area contributed by atoms with Gasteiger partial charge in [0, 0.05) is 11.9 Å². The van der Waals surface area contributed by atoms with Crippen LogP contribution in [0.1, 0.15) is 13.8 Å². The molecule has 0 aliphatic rings. The molecule has 2 aromatic heterocycles. The Bertz CT molecular complexity index is 634. The van der Waals surface area contributed by atoms with Gasteiger partial charge in [0.15, 0.2) is 5.65 Å². The maximum absolute atomic E-state index is 4.49. The lowest BCUT2D eigenvalue weighted by Crippen LogP contribution is -2.03. The average molecular weight is 230 g/mol. The summed E-state index contributed by atoms with van der Waals surface area (Å²) < 4.78 is 3.66. The van der Waals surface area contributed by atoms with Crippen molar-refractivity contribution in [2.24, 2.45) is 5.92 Å². The largest absolute Gasteiger partial charge is 0.324 e. The topological polar surface area (TPSA) is 17.8 Å². The van der Waals surface area contributed by atoms with Gasteiger partial charge in [-0.1, -0.05) is 32.0 Å². The van der Waals surface area contributed by atoms with Gasteiger partial charge < -0.3 is 4.57 Å². The minimum absolute atomic E-state index is 0.640. The Balaban J connectivity index is 2.38. The Morgan fingerprint density at radius 2 is 2.12 bits per heavy atom. The van der Waals surface area contributed by atoms with Crippen LogP contribution < -0.4 is 0 Å². The van der Waals surface area contributed by atoms with Crippen molar-refractivity contribution in [1.82, 2.24) is 9.55 Å². The van der Waals surface area contributed by atoms with E-state index in [4.69, 9.17) is 0 Å². The van der Waals surface area contributed by atoms with E-state index in [0.717, 1.165) is 12.2 Å². The molecule has 0 bridgehead atoms. The zero-order chi connectivity index (χ0) is 11.1. The summed E-state index contributed by atoms with van der Waals surface area (Å²) in [6.45, 7) is 5.52. The van der Waals surface area contributed by atoms with Gasteiger partial charge in [-0.15, -0.1) is 11.3 Å². The molecule has 1 aromatic carbocycles. The van der Waals surface area contributed by atoms with Crippen molar-refractivity contribution in [3.05, 3.63) is 29.8 Å². The van der Waals surface area contributed by atoms with Gasteiger partial charge in [-0.2, -0.15) is 0 Å². The highest BCUT2D eigenvalue weighted by Gasteiger charge is 2.12. The van der Waals surface area contributed by atoms with Gasteiger partial charge in [0.25, 0.3) is 0 Å². The fourth-order valence-corrected chi connectivity index (χ4v) is 3.01. The van der Waals surface area contributed by atoms with Gasteiger partial charge >= 0.3 is 0 Å². The molecule has 0 saturated carbocycles. The first-order valence-electron chi connectivity index (χ1n) is 5.58. The molecule has 0 fully saturated rings. The Kier molecular flexibility index (Phi) is 2.21. The summed E-state index contributed by atoms with van der Waals surface area (Å²) >= 11 is 1.73. The standard InChI is InChI=1S/C13H14N2S/c1-9(2)7-15-11-6-4-3-5-10(11)12-13(15)14-8-16-12/h3-6,8-9H,7H2,1-2H3. The molecule has 82 valence electrons. The van der Waals surface area contributed by atoms with Gasteiger partial charge in [-0.05, 0) is 12.0 Å². The zero-order valence-corrected chi connectivity index (χ0v) is 10.3. The van der Waals surface area contributed by atoms with Crippen LogP contribution in [0.5, 0.6) is 0 Å². The van der Waals surface area contributed by atoms with Crippen molar-refractivity contribution in [1.29, 1.82) is 0 Å². The van der Waals surface area contributed by atoms with E-state index in [0.29, 0.717) is 5.92 Å². The molecule has 0 saturated heterocycles. The summed E-state index contributed by atoms with van der Waals surface area (Å²) in [6, 6.07) is 8.57. The molecule has 0 amide bonds. The monoisotopic (exact) mass is 230 g/mol. The highest BCUT2D eigenvalue weighted by Crippen LogP contribution is 2.31. The third-order valence-corrected chi connectivity index (χ3v) is 3.64. The van der Waals surface area contributed by atoms with Crippen LogP contribution >= 0.6 is 11.3 Å². The van der Waals surface area contributed by atoms with Crippen LogP contribution in [0.4, 0.5) is 0 Å². The smallest absolute Gasteiger partial charge is 0.152 e. The van der Waals surface area contributed by atoms with Crippen LogP contribution in [0.3, 0.4) is 0 Å². The van der Waals surface area contributed by atoms with Crippen molar-refractivity contribution in [3.63, 3.8) is 0 Å². The van der Waals surface area contributed by atoms with Crippen LogP contribution in [0.2, 0.25) is 0 Å². The van der Waals surface area contributed by atoms with Crippen LogP contribution in [0, 0.1) is 5.92 Å². The van der Waals surface area contributed by atoms with E-state index in [9.17, 15) is 0 Å². The van der Waals surface area contributed by atoms with Gasteiger partial charge in [-0.25, -0.2) is 4.98 Å². The minimum Gasteiger partial charge on any atom is -0.324 e. The quantitative estimate of drug-likeness (QED) is 0.652. The first-order valence-corrected chi connectivity index (χ1v) is 6.46. The molecular formula is C13H14N2S. The maximum atomic E-state index is 4.49. The second kappa shape index (κ2) is 3.59. The Labute approximate surface area is 98.5 Å². The SMILES string of the molecule is CC(C)Cn1c2ccccc2c2scnc21. The minimum atomic E-state index is 0.640. The first kappa shape index (κ1) is 9.85. The molecule has 2 heterocycles. The molecule has 0 spiro atoms. The summed E-state index contributed by atoms with van der Waals surface area (Å²) in [5.74, 6) is 0.640. The molecule has 0 unspecified atom stereocenters. The predicted octanol–water partition coefficient (Wildman–Crippen LogP) is 3.91. The molecule has 3 rings (SSSR count). The van der Waals surface area contributed by atoms with Gasteiger partial charge in [0.1, 0.15) is 0 Å². The third kappa shape index (κ3) is 1.35. The molecule has 0 aliphatic carbocycles. The average Bonchev–Trinajstić information content (AvgIpc) is 2.82. The first-order chi connectivity index (χ1) is 7.77. The molecule has 3 heteroatoms. The lowest BCUT2D eigenvalue weighted by atomic mass is 10.2. The lowest BCUT2D eigenvalue weighted by molar-refractivity contribution is 0.543. The fourth-order valence-electron chi connectivity index (χ4n) is 2.18. The van der Waals surface area contributed by atoms with E-state index in [1.165, 1.54) is 15.6 Å². The zero-order valence-electron chi connectivity index (χ0n) is 9.47. The second-order valence-electron chi connectivity index (χ2n) is 4.53. The Hall–Kier alpha value is -1.35. The lowest BCUT2D eigenvalue weighted by Gasteiger charge is -2.08. The molecule has 3 aromatic rings. The van der Waals surface area contributed by atoms with E-state index in [2.05, 4.69) is 47.7 Å². The fraction of sp³-hybridized carbons (Fsp3) is 0.308. The summed E-state index contributed by atoms with van der Waals surface area (Å²) in [5, 5.41) is 1.33. The van der Waals surface area contributed by atoms with E-state index >= 15 is 0 Å². The molecule has 0 N–H and O–H groups in total. The van der Waals surface area contributed by atoms with Gasteiger partial charge in [-0.3, -0.25) is 0 Å². The molecule has 0 atom stereocenters. The molecular weight excluding hydrogens is 216 g/mol. The Morgan fingerprint density at radius 1 is 1.31 bits per heavy atom. The number of nitrogens with zero attached hydrogens (tertiary/aromatic N) is 2. The molecule has 2 nitrogen and oxygen atoms in total. The van der Waals surface area contributed by atoms with Crippen LogP contribution in [0.15, 0.2) is 29.8 Å². The predicted molar refractivity (Wildman–Crippen MR) is 70.0 cm³/mol. The van der Waals surface area contributed by atoms with Crippen molar-refractivity contribution >= 4 is 32.6 Å². The number of para-hydroxylation sites is 1. The van der Waals surface area contributed by atoms with Crippen LogP contribution in [-0.2, 0) is 6.54 Å². The molecule has 0 radical (unpaired) electrons. The van der Waals surface area contributed by atoms with Crippen molar-refractivity contribution in [2.75, 3.05) is 0 Å². The Morgan fingerprint density at radius 3 is 2.94 bits per heavy atom. The van der Waals surface area contributed by atoms with Crippen molar-refractivity contribution < 1.29 is 0 Å². The number of aromatic nitrogens is 2. The summed E-state index contributed by atoms with van der Waals surface area (Å²) in [6.07, 6.45) is 0. The highest BCUT2D eigenvalue weighted by atomic mass is 32.1. The van der Waals surface area contributed by atoms with Crippen LogP contribution in [0.25, 0.3) is 21.3 Å². The van der Waals surface area contributed by atoms with E-state index in [1.54, 1.807) is 11.3 Å². The van der Waals surface area contributed by atoms with Crippen molar-refractivity contribution in [2.45, 2.75) is 20.4 Å². The van der Waals surface area contributed by atoms with Gasteiger partial charge in [0.2, 0.25) is 0 Å². The summed E-state index contributed by atoms with van der Waals surface area (Å²) in [5.41, 5.74) is 4.39. The van der Waals surface area contributed by atoms with Crippen molar-refractivity contribution in [3.8, 4) is 0 Å². The van der Waals surface area contributed by atoms with E-state index < -0.39 is 0 Å². The summed E-state index contributed by atoms with van der Waals surface area (Å²) in [7, 11) is 0.